The van der Waals surface area contributed by atoms with Crippen molar-refractivity contribution in [1.29, 1.82) is 0 Å². The number of benzene rings is 1. The number of rotatable bonds is 5. The van der Waals surface area contributed by atoms with E-state index in [2.05, 4.69) is 10.5 Å². The molecule has 0 radical (unpaired) electrons. The summed E-state index contributed by atoms with van der Waals surface area (Å²) in [5.41, 5.74) is 5.01. The first kappa shape index (κ1) is 14.6. The Labute approximate surface area is 116 Å². The molecule has 0 aliphatic rings. The van der Waals surface area contributed by atoms with E-state index in [1.54, 1.807) is 4.68 Å². The smallest absolute Gasteiger partial charge is 0.126 e. The van der Waals surface area contributed by atoms with Crippen molar-refractivity contribution in [2.75, 3.05) is 0 Å². The average molecular weight is 280 g/mol. The molecule has 1 atom stereocenters. The highest BCUT2D eigenvalue weighted by Gasteiger charge is 2.15. The van der Waals surface area contributed by atoms with E-state index in [1.165, 1.54) is 12.1 Å². The van der Waals surface area contributed by atoms with Gasteiger partial charge in [-0.05, 0) is 30.2 Å². The van der Waals surface area contributed by atoms with Gasteiger partial charge >= 0.3 is 0 Å². The number of aromatic nitrogens is 2. The van der Waals surface area contributed by atoms with Crippen molar-refractivity contribution in [3.8, 4) is 0 Å². The first-order chi connectivity index (χ1) is 9.53. The van der Waals surface area contributed by atoms with Gasteiger partial charge in [0, 0.05) is 25.2 Å². The number of nitrogens with one attached hydrogen (secondary N) is 1. The van der Waals surface area contributed by atoms with Gasteiger partial charge in [-0.25, -0.2) is 8.78 Å². The summed E-state index contributed by atoms with van der Waals surface area (Å²) in [6.45, 7) is 2.02. The summed E-state index contributed by atoms with van der Waals surface area (Å²) in [6, 6.07) is 5.01. The summed E-state index contributed by atoms with van der Waals surface area (Å²) in [6.07, 6.45) is 1.34. The third-order valence-electron chi connectivity index (χ3n) is 3.29. The number of hydrogen-bond acceptors (Lipinski definition) is 3. The van der Waals surface area contributed by atoms with Gasteiger partial charge in [0.15, 0.2) is 0 Å². The number of halogens is 2. The highest BCUT2D eigenvalue weighted by molar-refractivity contribution is 5.23. The Kier molecular flexibility index (Phi) is 4.46. The predicted molar refractivity (Wildman–Crippen MR) is 72.7 cm³/mol. The quantitative estimate of drug-likeness (QED) is 0.650. The Bertz CT molecular complexity index is 575. The molecule has 0 aliphatic heterocycles. The zero-order valence-corrected chi connectivity index (χ0v) is 11.5. The summed E-state index contributed by atoms with van der Waals surface area (Å²) in [5.74, 6) is 4.29. The molecular formula is C14H18F2N4. The Hall–Kier alpha value is -1.79. The van der Waals surface area contributed by atoms with E-state index in [0.29, 0.717) is 12.0 Å². The number of hydrogen-bond donors (Lipinski definition) is 2. The molecule has 4 nitrogen and oxygen atoms in total. The van der Waals surface area contributed by atoms with Crippen LogP contribution in [0.4, 0.5) is 8.78 Å². The van der Waals surface area contributed by atoms with Crippen LogP contribution in [0.3, 0.4) is 0 Å². The van der Waals surface area contributed by atoms with Crippen molar-refractivity contribution in [3.05, 3.63) is 52.9 Å². The van der Waals surface area contributed by atoms with Crippen LogP contribution >= 0.6 is 0 Å². The fourth-order valence-electron chi connectivity index (χ4n) is 2.19. The second-order valence-electron chi connectivity index (χ2n) is 4.73. The Morgan fingerprint density at radius 2 is 1.90 bits per heavy atom. The summed E-state index contributed by atoms with van der Waals surface area (Å²) in [5, 5.41) is 4.35. The highest BCUT2D eigenvalue weighted by atomic mass is 19.1. The lowest BCUT2D eigenvalue weighted by Gasteiger charge is -2.16. The topological polar surface area (TPSA) is 55.9 Å². The molecule has 2 rings (SSSR count). The van der Waals surface area contributed by atoms with E-state index in [9.17, 15) is 8.78 Å². The lowest BCUT2D eigenvalue weighted by Crippen LogP contribution is -2.30. The molecule has 1 unspecified atom stereocenters. The molecule has 3 N–H and O–H groups in total. The minimum Gasteiger partial charge on any atom is -0.272 e. The second kappa shape index (κ2) is 6.11. The minimum absolute atomic E-state index is 0.375. The van der Waals surface area contributed by atoms with Crippen molar-refractivity contribution in [2.24, 2.45) is 12.9 Å². The fourth-order valence-corrected chi connectivity index (χ4v) is 2.19. The van der Waals surface area contributed by atoms with Gasteiger partial charge < -0.3 is 0 Å². The molecule has 0 amide bonds. The Balaban J connectivity index is 2.25. The molecule has 0 spiro atoms. The number of nitrogens with zero attached hydrogens (tertiary/aromatic N) is 2. The summed E-state index contributed by atoms with van der Waals surface area (Å²) < 4.78 is 28.3. The molecule has 2 aromatic rings. The highest BCUT2D eigenvalue weighted by Crippen LogP contribution is 2.20. The Morgan fingerprint density at radius 1 is 1.25 bits per heavy atom. The predicted octanol–water partition coefficient (Wildman–Crippen LogP) is 2.01. The van der Waals surface area contributed by atoms with Crippen molar-refractivity contribution >= 4 is 0 Å². The van der Waals surface area contributed by atoms with E-state index in [-0.39, 0.29) is 6.04 Å². The fraction of sp³-hybridized carbons (Fsp3) is 0.357. The van der Waals surface area contributed by atoms with Crippen LogP contribution in [-0.2, 0) is 19.9 Å². The molecule has 0 saturated heterocycles. The van der Waals surface area contributed by atoms with Gasteiger partial charge in [0.1, 0.15) is 11.6 Å². The average Bonchev–Trinajstić information content (AvgIpc) is 2.75. The summed E-state index contributed by atoms with van der Waals surface area (Å²) in [7, 11) is 1.84. The van der Waals surface area contributed by atoms with Crippen molar-refractivity contribution in [2.45, 2.75) is 25.8 Å². The lowest BCUT2D eigenvalue weighted by molar-refractivity contribution is 0.515. The Morgan fingerprint density at radius 3 is 2.40 bits per heavy atom. The van der Waals surface area contributed by atoms with Crippen LogP contribution in [0, 0.1) is 11.6 Å². The molecule has 6 heteroatoms. The largest absolute Gasteiger partial charge is 0.272 e. The number of hydrazine groups is 1. The van der Waals surface area contributed by atoms with Crippen LogP contribution in [0.1, 0.15) is 29.9 Å². The molecule has 1 heterocycles. The van der Waals surface area contributed by atoms with Gasteiger partial charge in [-0.3, -0.25) is 16.0 Å². The molecule has 108 valence electrons. The number of nitrogens with two attached hydrogens (primary N) is 1. The maximum atomic E-state index is 13.3. The SMILES string of the molecule is CCc1cc(CC(NN)c2cc(F)cc(F)c2)n(C)n1. The number of aryl methyl sites for hydroxylation is 2. The lowest BCUT2D eigenvalue weighted by atomic mass is 10.0. The van der Waals surface area contributed by atoms with E-state index in [1.807, 2.05) is 20.0 Å². The van der Waals surface area contributed by atoms with Crippen LogP contribution in [0.25, 0.3) is 0 Å². The molecule has 0 aliphatic carbocycles. The molecule has 0 fully saturated rings. The van der Waals surface area contributed by atoms with E-state index >= 15 is 0 Å². The van der Waals surface area contributed by atoms with Crippen LogP contribution in [-0.4, -0.2) is 9.78 Å². The third-order valence-corrected chi connectivity index (χ3v) is 3.29. The van der Waals surface area contributed by atoms with Gasteiger partial charge in [-0.2, -0.15) is 5.10 Å². The third kappa shape index (κ3) is 3.20. The van der Waals surface area contributed by atoms with Crippen molar-refractivity contribution < 1.29 is 8.78 Å². The van der Waals surface area contributed by atoms with E-state index < -0.39 is 11.6 Å². The molecule has 20 heavy (non-hydrogen) atoms. The molecular weight excluding hydrogens is 262 g/mol. The van der Waals surface area contributed by atoms with E-state index in [4.69, 9.17) is 5.84 Å². The van der Waals surface area contributed by atoms with Crippen LogP contribution in [0.5, 0.6) is 0 Å². The monoisotopic (exact) mass is 280 g/mol. The van der Waals surface area contributed by atoms with Gasteiger partial charge in [-0.1, -0.05) is 6.92 Å². The summed E-state index contributed by atoms with van der Waals surface area (Å²) >= 11 is 0. The summed E-state index contributed by atoms with van der Waals surface area (Å²) in [4.78, 5) is 0. The first-order valence-corrected chi connectivity index (χ1v) is 6.47. The minimum atomic E-state index is -0.612. The zero-order valence-electron chi connectivity index (χ0n) is 11.5. The standard InChI is InChI=1S/C14H18F2N4/c1-3-12-7-13(20(2)19-12)8-14(18-17)9-4-10(15)6-11(16)5-9/h4-7,14,18H,3,8,17H2,1-2H3. The molecule has 0 saturated carbocycles. The first-order valence-electron chi connectivity index (χ1n) is 6.47. The normalized spacial score (nSPS) is 12.7. The van der Waals surface area contributed by atoms with Crippen molar-refractivity contribution in [3.63, 3.8) is 0 Å². The molecule has 1 aromatic carbocycles. The molecule has 0 bridgehead atoms. The van der Waals surface area contributed by atoms with E-state index in [0.717, 1.165) is 23.9 Å². The maximum absolute atomic E-state index is 13.3. The van der Waals surface area contributed by atoms with Crippen LogP contribution in [0.2, 0.25) is 0 Å². The second-order valence-corrected chi connectivity index (χ2v) is 4.73. The van der Waals surface area contributed by atoms with Crippen LogP contribution < -0.4 is 11.3 Å². The van der Waals surface area contributed by atoms with Crippen LogP contribution in [0.15, 0.2) is 24.3 Å². The zero-order chi connectivity index (χ0) is 14.7. The van der Waals surface area contributed by atoms with Gasteiger partial charge in [0.2, 0.25) is 0 Å². The van der Waals surface area contributed by atoms with Gasteiger partial charge in [-0.15, -0.1) is 0 Å². The molecule has 1 aromatic heterocycles. The van der Waals surface area contributed by atoms with Gasteiger partial charge in [0.25, 0.3) is 0 Å². The van der Waals surface area contributed by atoms with Crippen molar-refractivity contribution in [1.82, 2.24) is 15.2 Å². The van der Waals surface area contributed by atoms with Gasteiger partial charge in [0.05, 0.1) is 11.7 Å². The maximum Gasteiger partial charge on any atom is 0.126 e.